The Labute approximate surface area is 236 Å². The van der Waals surface area contributed by atoms with Gasteiger partial charge in [0, 0.05) is 57.1 Å². The maximum absolute atomic E-state index is 12.2. The summed E-state index contributed by atoms with van der Waals surface area (Å²) < 4.78 is 11.5. The van der Waals surface area contributed by atoms with Gasteiger partial charge in [0.05, 0.1) is 27.8 Å². The molecule has 3 aromatic carbocycles. The predicted molar refractivity (Wildman–Crippen MR) is 153 cm³/mol. The number of non-ortho nitro benzene ring substituents is 1. The summed E-state index contributed by atoms with van der Waals surface area (Å²) in [6, 6.07) is 16.4. The van der Waals surface area contributed by atoms with E-state index in [2.05, 4.69) is 20.4 Å². The lowest BCUT2D eigenvalue weighted by molar-refractivity contribution is -0.384. The average molecular weight is 574 g/mol. The normalized spacial score (nSPS) is 13.6. The Morgan fingerprint density at radius 1 is 1.03 bits per heavy atom. The van der Waals surface area contributed by atoms with Crippen LogP contribution in [0.4, 0.5) is 21.9 Å². The van der Waals surface area contributed by atoms with Crippen molar-refractivity contribution in [3.05, 3.63) is 86.4 Å². The highest BCUT2D eigenvalue weighted by molar-refractivity contribution is 6.43. The molecular formula is C27H29Cl2N5O5. The minimum Gasteiger partial charge on any atom is -0.493 e. The summed E-state index contributed by atoms with van der Waals surface area (Å²) in [6.45, 7) is 4.95. The van der Waals surface area contributed by atoms with Gasteiger partial charge in [-0.15, -0.1) is 0 Å². The van der Waals surface area contributed by atoms with Crippen molar-refractivity contribution in [1.82, 2.24) is 10.2 Å². The fraction of sp³-hybridized carbons (Fsp3) is 0.296. The number of halogens is 2. The van der Waals surface area contributed by atoms with E-state index in [0.717, 1.165) is 44.0 Å². The monoisotopic (exact) mass is 573 g/mol. The van der Waals surface area contributed by atoms with E-state index in [1.807, 2.05) is 24.3 Å². The van der Waals surface area contributed by atoms with Crippen LogP contribution in [0.25, 0.3) is 0 Å². The van der Waals surface area contributed by atoms with Crippen LogP contribution in [0.1, 0.15) is 5.56 Å². The first kappa shape index (κ1) is 28.3. The van der Waals surface area contributed by atoms with Gasteiger partial charge >= 0.3 is 6.03 Å². The first-order valence-corrected chi connectivity index (χ1v) is 13.1. The molecule has 0 spiro atoms. The standard InChI is InChI=1S/C27H29Cl2N5O5/c1-38-25-16-19(18-30-27(35)31-20-4-2-5-21(17-20)34(36)37)8-9-24(25)39-15-14-32-10-12-33(13-11-32)23-7-3-6-22(28)26(23)29/h2-9,16-17H,10-15,18H2,1H3,(H2,30,31,35). The molecule has 12 heteroatoms. The summed E-state index contributed by atoms with van der Waals surface area (Å²) in [7, 11) is 1.56. The molecule has 1 aliphatic heterocycles. The van der Waals surface area contributed by atoms with Gasteiger partial charge in [0.25, 0.3) is 5.69 Å². The van der Waals surface area contributed by atoms with Crippen molar-refractivity contribution in [3.63, 3.8) is 0 Å². The summed E-state index contributed by atoms with van der Waals surface area (Å²) in [5.74, 6) is 1.18. The van der Waals surface area contributed by atoms with E-state index in [-0.39, 0.29) is 12.2 Å². The number of anilines is 2. The summed E-state index contributed by atoms with van der Waals surface area (Å²) in [5.41, 5.74) is 2.00. The van der Waals surface area contributed by atoms with E-state index in [1.54, 1.807) is 25.3 Å². The number of carbonyl (C=O) groups excluding carboxylic acids is 1. The van der Waals surface area contributed by atoms with Gasteiger partial charge in [0.15, 0.2) is 11.5 Å². The molecule has 0 saturated carbocycles. The van der Waals surface area contributed by atoms with Gasteiger partial charge in [-0.2, -0.15) is 0 Å². The Balaban J connectivity index is 1.22. The number of carbonyl (C=O) groups is 1. The molecule has 0 aliphatic carbocycles. The topological polar surface area (TPSA) is 109 Å². The Hall–Kier alpha value is -3.73. The van der Waals surface area contributed by atoms with E-state index in [1.165, 1.54) is 18.2 Å². The van der Waals surface area contributed by atoms with Crippen molar-refractivity contribution >= 4 is 46.3 Å². The average Bonchev–Trinajstić information content (AvgIpc) is 2.94. The molecule has 206 valence electrons. The third kappa shape index (κ3) is 7.66. The number of rotatable bonds is 10. The number of methoxy groups -OCH3 is 1. The Morgan fingerprint density at radius 2 is 1.79 bits per heavy atom. The predicted octanol–water partition coefficient (Wildman–Crippen LogP) is 5.43. The lowest BCUT2D eigenvalue weighted by Gasteiger charge is -2.36. The number of ether oxygens (including phenoxy) is 2. The van der Waals surface area contributed by atoms with Crippen LogP contribution in [-0.4, -0.2) is 62.3 Å². The first-order chi connectivity index (χ1) is 18.8. The van der Waals surface area contributed by atoms with Crippen molar-refractivity contribution in [1.29, 1.82) is 0 Å². The van der Waals surface area contributed by atoms with Crippen molar-refractivity contribution < 1.29 is 19.2 Å². The van der Waals surface area contributed by atoms with E-state index < -0.39 is 11.0 Å². The van der Waals surface area contributed by atoms with E-state index in [9.17, 15) is 14.9 Å². The Morgan fingerprint density at radius 3 is 2.54 bits per heavy atom. The largest absolute Gasteiger partial charge is 0.493 e. The van der Waals surface area contributed by atoms with Gasteiger partial charge in [-0.05, 0) is 35.9 Å². The highest BCUT2D eigenvalue weighted by Gasteiger charge is 2.20. The van der Waals surface area contributed by atoms with E-state index in [0.29, 0.717) is 33.8 Å². The molecule has 0 atom stereocenters. The molecule has 2 N–H and O–H groups in total. The smallest absolute Gasteiger partial charge is 0.319 e. The molecule has 3 aromatic rings. The summed E-state index contributed by atoms with van der Waals surface area (Å²) in [5, 5.41) is 17.4. The maximum Gasteiger partial charge on any atom is 0.319 e. The van der Waals surface area contributed by atoms with Crippen LogP contribution in [0, 0.1) is 10.1 Å². The van der Waals surface area contributed by atoms with E-state index in [4.69, 9.17) is 32.7 Å². The number of nitro groups is 1. The molecule has 4 rings (SSSR count). The molecule has 0 radical (unpaired) electrons. The molecule has 1 fully saturated rings. The van der Waals surface area contributed by atoms with Crippen LogP contribution in [0.2, 0.25) is 10.0 Å². The molecular weight excluding hydrogens is 545 g/mol. The maximum atomic E-state index is 12.2. The van der Waals surface area contributed by atoms with Crippen LogP contribution >= 0.6 is 23.2 Å². The van der Waals surface area contributed by atoms with Crippen LogP contribution in [0.5, 0.6) is 11.5 Å². The first-order valence-electron chi connectivity index (χ1n) is 12.3. The fourth-order valence-electron chi connectivity index (χ4n) is 4.23. The van der Waals surface area contributed by atoms with Crippen molar-refractivity contribution in [2.24, 2.45) is 0 Å². The van der Waals surface area contributed by atoms with Crippen molar-refractivity contribution in [3.8, 4) is 11.5 Å². The molecule has 1 aliphatic rings. The van der Waals surface area contributed by atoms with Crippen LogP contribution in [0.15, 0.2) is 60.7 Å². The minimum absolute atomic E-state index is 0.0992. The molecule has 10 nitrogen and oxygen atoms in total. The van der Waals surface area contributed by atoms with Crippen LogP contribution in [-0.2, 0) is 6.54 Å². The quantitative estimate of drug-likeness (QED) is 0.246. The van der Waals surface area contributed by atoms with Gasteiger partial charge in [-0.1, -0.05) is 41.4 Å². The number of amides is 2. The Kier molecular flexibility index (Phi) is 9.69. The van der Waals surface area contributed by atoms with Gasteiger partial charge in [-0.3, -0.25) is 15.0 Å². The summed E-state index contributed by atoms with van der Waals surface area (Å²) in [6.07, 6.45) is 0. The summed E-state index contributed by atoms with van der Waals surface area (Å²) in [4.78, 5) is 27.2. The Bertz CT molecular complexity index is 1320. The van der Waals surface area contributed by atoms with Crippen molar-refractivity contribution in [2.75, 3.05) is 56.7 Å². The highest BCUT2D eigenvalue weighted by Crippen LogP contribution is 2.33. The number of urea groups is 1. The molecule has 0 unspecified atom stereocenters. The minimum atomic E-state index is -0.516. The second kappa shape index (κ2) is 13.4. The van der Waals surface area contributed by atoms with Crippen LogP contribution < -0.4 is 25.0 Å². The number of hydrogen-bond donors (Lipinski definition) is 2. The second-order valence-electron chi connectivity index (χ2n) is 8.85. The SMILES string of the molecule is COc1cc(CNC(=O)Nc2cccc([N+](=O)[O-])c2)ccc1OCCN1CCN(c2cccc(Cl)c2Cl)CC1. The summed E-state index contributed by atoms with van der Waals surface area (Å²) >= 11 is 12.5. The number of benzene rings is 3. The van der Waals surface area contributed by atoms with Gasteiger partial charge < -0.3 is 25.0 Å². The third-order valence-electron chi connectivity index (χ3n) is 6.31. The van der Waals surface area contributed by atoms with Crippen molar-refractivity contribution in [2.45, 2.75) is 6.54 Å². The molecule has 0 bridgehead atoms. The molecule has 1 heterocycles. The van der Waals surface area contributed by atoms with Gasteiger partial charge in [0.2, 0.25) is 0 Å². The molecule has 0 aromatic heterocycles. The number of nitrogens with one attached hydrogen (secondary N) is 2. The zero-order valence-corrected chi connectivity index (χ0v) is 22.9. The number of hydrogen-bond acceptors (Lipinski definition) is 7. The number of piperazine rings is 1. The number of nitro benzene ring substituents is 1. The van der Waals surface area contributed by atoms with E-state index >= 15 is 0 Å². The zero-order valence-electron chi connectivity index (χ0n) is 21.4. The molecule has 2 amide bonds. The molecule has 39 heavy (non-hydrogen) atoms. The molecule has 1 saturated heterocycles. The second-order valence-corrected chi connectivity index (χ2v) is 9.64. The fourth-order valence-corrected chi connectivity index (χ4v) is 4.64. The lowest BCUT2D eigenvalue weighted by atomic mass is 10.2. The van der Waals surface area contributed by atoms with Gasteiger partial charge in [-0.25, -0.2) is 4.79 Å². The lowest BCUT2D eigenvalue weighted by Crippen LogP contribution is -2.47. The zero-order chi connectivity index (χ0) is 27.8. The highest BCUT2D eigenvalue weighted by atomic mass is 35.5. The third-order valence-corrected chi connectivity index (χ3v) is 7.11. The number of nitrogens with zero attached hydrogens (tertiary/aromatic N) is 3. The van der Waals surface area contributed by atoms with Crippen LogP contribution in [0.3, 0.4) is 0 Å². The van der Waals surface area contributed by atoms with Gasteiger partial charge in [0.1, 0.15) is 6.61 Å².